The molecule has 0 radical (unpaired) electrons. The lowest BCUT2D eigenvalue weighted by molar-refractivity contribution is 0.0716. The van der Waals surface area contributed by atoms with Crippen molar-refractivity contribution in [3.63, 3.8) is 0 Å². The molecule has 1 fully saturated rings. The molecule has 18 heavy (non-hydrogen) atoms. The molecule has 2 N–H and O–H groups in total. The van der Waals surface area contributed by atoms with Gasteiger partial charge in [-0.1, -0.05) is 24.4 Å². The number of carbonyl (C=O) groups excluding carboxylic acids is 1. The van der Waals surface area contributed by atoms with Crippen molar-refractivity contribution < 1.29 is 9.90 Å². The molecule has 1 aliphatic rings. The van der Waals surface area contributed by atoms with Gasteiger partial charge in [0, 0.05) is 8.59 Å². The molecule has 1 saturated carbocycles. The minimum absolute atomic E-state index is 0.138. The lowest BCUT2D eigenvalue weighted by Gasteiger charge is -2.28. The van der Waals surface area contributed by atoms with Crippen LogP contribution >= 0.6 is 34.2 Å². The number of rotatable bonds is 2. The molecule has 0 aromatic heterocycles. The summed E-state index contributed by atoms with van der Waals surface area (Å²) >= 11 is 8.01. The van der Waals surface area contributed by atoms with Gasteiger partial charge in [0.2, 0.25) is 0 Å². The summed E-state index contributed by atoms with van der Waals surface area (Å²) in [6.45, 7) is 0. The zero-order valence-corrected chi connectivity index (χ0v) is 12.7. The molecule has 98 valence electrons. The van der Waals surface area contributed by atoms with Gasteiger partial charge < -0.3 is 10.4 Å². The van der Waals surface area contributed by atoms with Crippen LogP contribution < -0.4 is 5.32 Å². The van der Waals surface area contributed by atoms with Crippen molar-refractivity contribution in [1.82, 2.24) is 5.32 Å². The summed E-state index contributed by atoms with van der Waals surface area (Å²) in [5, 5.41) is 13.3. The van der Waals surface area contributed by atoms with Crippen LogP contribution in [-0.2, 0) is 0 Å². The Hall–Kier alpha value is -0.330. The van der Waals surface area contributed by atoms with E-state index in [1.165, 1.54) is 0 Å². The third kappa shape index (κ3) is 3.36. The van der Waals surface area contributed by atoms with E-state index in [4.69, 9.17) is 11.6 Å². The number of halogens is 2. The molecule has 1 aromatic carbocycles. The highest BCUT2D eigenvalue weighted by atomic mass is 127. The molecular formula is C13H15ClINO2. The Morgan fingerprint density at radius 2 is 2.11 bits per heavy atom. The molecule has 2 atom stereocenters. The molecule has 0 spiro atoms. The highest BCUT2D eigenvalue weighted by molar-refractivity contribution is 14.1. The van der Waals surface area contributed by atoms with E-state index in [9.17, 15) is 9.90 Å². The van der Waals surface area contributed by atoms with Gasteiger partial charge in [0.15, 0.2) is 0 Å². The molecule has 1 amide bonds. The second kappa shape index (κ2) is 6.21. The number of hydrogen-bond acceptors (Lipinski definition) is 2. The van der Waals surface area contributed by atoms with E-state index in [1.54, 1.807) is 12.1 Å². The van der Waals surface area contributed by atoms with Crippen LogP contribution in [0.3, 0.4) is 0 Å². The number of amides is 1. The number of benzene rings is 1. The zero-order valence-electron chi connectivity index (χ0n) is 9.83. The van der Waals surface area contributed by atoms with Crippen molar-refractivity contribution in [2.24, 2.45) is 0 Å². The molecule has 2 rings (SSSR count). The second-order valence-electron chi connectivity index (χ2n) is 4.56. The molecule has 0 heterocycles. The van der Waals surface area contributed by atoms with Crippen LogP contribution in [0.4, 0.5) is 0 Å². The Labute approximate surface area is 125 Å². The van der Waals surface area contributed by atoms with Crippen LogP contribution in [0.2, 0.25) is 5.02 Å². The Morgan fingerprint density at radius 3 is 2.83 bits per heavy atom. The third-order valence-electron chi connectivity index (χ3n) is 3.22. The van der Waals surface area contributed by atoms with Crippen LogP contribution in [0.1, 0.15) is 36.0 Å². The quantitative estimate of drug-likeness (QED) is 0.776. The van der Waals surface area contributed by atoms with E-state index in [2.05, 4.69) is 27.9 Å². The number of carbonyl (C=O) groups is 1. The zero-order chi connectivity index (χ0) is 13.1. The fourth-order valence-corrected chi connectivity index (χ4v) is 2.95. The summed E-state index contributed by atoms with van der Waals surface area (Å²) in [6.07, 6.45) is 3.25. The molecular weight excluding hydrogens is 365 g/mol. The molecule has 1 aliphatic carbocycles. The minimum Gasteiger partial charge on any atom is -0.391 e. The maximum Gasteiger partial charge on any atom is 0.252 e. The summed E-state index contributed by atoms with van der Waals surface area (Å²) in [4.78, 5) is 12.1. The number of nitrogens with one attached hydrogen (secondary N) is 1. The Balaban J connectivity index is 2.09. The normalized spacial score (nSPS) is 23.7. The standard InChI is InChI=1S/C13H15ClINO2/c14-8-5-6-10(15)9(7-8)13(18)16-11-3-1-2-4-12(11)17/h5-7,11-12,17H,1-4H2,(H,16,18). The van der Waals surface area contributed by atoms with Crippen molar-refractivity contribution >= 4 is 40.1 Å². The van der Waals surface area contributed by atoms with Crippen molar-refractivity contribution in [1.29, 1.82) is 0 Å². The summed E-state index contributed by atoms with van der Waals surface area (Å²) in [5.41, 5.74) is 0.570. The third-order valence-corrected chi connectivity index (χ3v) is 4.39. The van der Waals surface area contributed by atoms with E-state index in [0.29, 0.717) is 10.6 Å². The lowest BCUT2D eigenvalue weighted by Crippen LogP contribution is -2.45. The number of aliphatic hydroxyl groups is 1. The van der Waals surface area contributed by atoms with Gasteiger partial charge in [-0.25, -0.2) is 0 Å². The summed E-state index contributed by atoms with van der Waals surface area (Å²) in [7, 11) is 0. The van der Waals surface area contributed by atoms with Crippen molar-refractivity contribution in [3.05, 3.63) is 32.4 Å². The van der Waals surface area contributed by atoms with E-state index in [-0.39, 0.29) is 11.9 Å². The number of aliphatic hydroxyl groups excluding tert-OH is 1. The highest BCUT2D eigenvalue weighted by Crippen LogP contribution is 2.21. The van der Waals surface area contributed by atoms with Crippen LogP contribution in [0.15, 0.2) is 18.2 Å². The lowest BCUT2D eigenvalue weighted by atomic mass is 9.92. The van der Waals surface area contributed by atoms with Crippen LogP contribution in [-0.4, -0.2) is 23.2 Å². The number of hydrogen-bond donors (Lipinski definition) is 2. The van der Waals surface area contributed by atoms with Crippen molar-refractivity contribution in [2.45, 2.75) is 37.8 Å². The van der Waals surface area contributed by atoms with Gasteiger partial charge in [-0.3, -0.25) is 4.79 Å². The molecule has 0 saturated heterocycles. The van der Waals surface area contributed by atoms with Crippen LogP contribution in [0.5, 0.6) is 0 Å². The van der Waals surface area contributed by atoms with Gasteiger partial charge in [-0.2, -0.15) is 0 Å². The molecule has 5 heteroatoms. The predicted molar refractivity (Wildman–Crippen MR) is 79.9 cm³/mol. The van der Waals surface area contributed by atoms with Crippen LogP contribution in [0, 0.1) is 3.57 Å². The van der Waals surface area contributed by atoms with E-state index in [0.717, 1.165) is 29.3 Å². The molecule has 0 aliphatic heterocycles. The first-order valence-electron chi connectivity index (χ1n) is 6.02. The fraction of sp³-hybridized carbons (Fsp3) is 0.462. The van der Waals surface area contributed by atoms with Gasteiger partial charge in [-0.05, 0) is 53.6 Å². The topological polar surface area (TPSA) is 49.3 Å². The first-order valence-corrected chi connectivity index (χ1v) is 7.47. The molecule has 0 bridgehead atoms. The average Bonchev–Trinajstić information content (AvgIpc) is 2.35. The maximum atomic E-state index is 12.1. The predicted octanol–water partition coefficient (Wildman–Crippen LogP) is 2.98. The Bertz CT molecular complexity index is 453. The van der Waals surface area contributed by atoms with E-state index in [1.807, 2.05) is 6.07 Å². The van der Waals surface area contributed by atoms with Crippen LogP contribution in [0.25, 0.3) is 0 Å². The minimum atomic E-state index is -0.431. The fourth-order valence-electron chi connectivity index (χ4n) is 2.20. The monoisotopic (exact) mass is 379 g/mol. The summed E-state index contributed by atoms with van der Waals surface area (Å²) < 4.78 is 0.861. The first kappa shape index (κ1) is 14.1. The average molecular weight is 380 g/mol. The highest BCUT2D eigenvalue weighted by Gasteiger charge is 2.25. The van der Waals surface area contributed by atoms with Gasteiger partial charge >= 0.3 is 0 Å². The van der Waals surface area contributed by atoms with Crippen molar-refractivity contribution in [2.75, 3.05) is 0 Å². The Morgan fingerprint density at radius 1 is 1.39 bits per heavy atom. The van der Waals surface area contributed by atoms with E-state index >= 15 is 0 Å². The second-order valence-corrected chi connectivity index (χ2v) is 6.15. The van der Waals surface area contributed by atoms with Crippen molar-refractivity contribution in [3.8, 4) is 0 Å². The smallest absolute Gasteiger partial charge is 0.252 e. The largest absolute Gasteiger partial charge is 0.391 e. The Kier molecular flexibility index (Phi) is 4.86. The van der Waals surface area contributed by atoms with Gasteiger partial charge in [0.1, 0.15) is 0 Å². The van der Waals surface area contributed by atoms with Gasteiger partial charge in [0.05, 0.1) is 17.7 Å². The molecule has 1 aromatic rings. The molecule has 3 nitrogen and oxygen atoms in total. The summed E-state index contributed by atoms with van der Waals surface area (Å²) in [6, 6.07) is 5.10. The van der Waals surface area contributed by atoms with Gasteiger partial charge in [-0.15, -0.1) is 0 Å². The maximum absolute atomic E-state index is 12.1. The first-order chi connectivity index (χ1) is 8.58. The SMILES string of the molecule is O=C(NC1CCCCC1O)c1cc(Cl)ccc1I. The molecule has 2 unspecified atom stereocenters. The van der Waals surface area contributed by atoms with E-state index < -0.39 is 6.10 Å². The van der Waals surface area contributed by atoms with Gasteiger partial charge in [0.25, 0.3) is 5.91 Å². The summed E-state index contributed by atoms with van der Waals surface area (Å²) in [5.74, 6) is -0.159.